The predicted molar refractivity (Wildman–Crippen MR) is 92.1 cm³/mol. The molecule has 2 aromatic carbocycles. The Hall–Kier alpha value is -1.39. The summed E-state index contributed by atoms with van der Waals surface area (Å²) in [7, 11) is 1.93. The zero-order valence-electron chi connectivity index (χ0n) is 10.8. The van der Waals surface area contributed by atoms with Crippen molar-refractivity contribution in [1.82, 2.24) is 4.98 Å². The molecule has 0 aliphatic carbocycles. The zero-order chi connectivity index (χ0) is 14.1. The number of nitrogens with zero attached hydrogens (tertiary/aromatic N) is 1. The third-order valence-electron chi connectivity index (χ3n) is 3.17. The number of anilines is 1. The first-order valence-corrected chi connectivity index (χ1v) is 7.80. The second kappa shape index (κ2) is 5.54. The smallest absolute Gasteiger partial charge is 0.0873 e. The first kappa shape index (κ1) is 13.6. The maximum Gasteiger partial charge on any atom is 0.0873 e. The third-order valence-corrected chi connectivity index (χ3v) is 4.23. The summed E-state index contributed by atoms with van der Waals surface area (Å²) in [6, 6.07) is 16.4. The molecule has 0 aliphatic rings. The Balaban J connectivity index is 2.32. The van der Waals surface area contributed by atoms with Crippen LogP contribution in [0.1, 0.15) is 0 Å². The minimum Gasteiger partial charge on any atom is -0.388 e. The van der Waals surface area contributed by atoms with Gasteiger partial charge in [0.2, 0.25) is 0 Å². The van der Waals surface area contributed by atoms with Gasteiger partial charge in [0.25, 0.3) is 0 Å². The van der Waals surface area contributed by atoms with E-state index >= 15 is 0 Å². The molecule has 2 nitrogen and oxygen atoms in total. The van der Waals surface area contributed by atoms with Crippen LogP contribution in [0.4, 0.5) is 5.69 Å². The Morgan fingerprint density at radius 3 is 2.45 bits per heavy atom. The summed E-state index contributed by atoms with van der Waals surface area (Å²) < 4.78 is 2.01. The van der Waals surface area contributed by atoms with E-state index in [0.717, 1.165) is 36.8 Å². The van der Waals surface area contributed by atoms with E-state index in [0.29, 0.717) is 0 Å². The van der Waals surface area contributed by atoms with Gasteiger partial charge in [-0.05, 0) is 34.1 Å². The Labute approximate surface area is 134 Å². The molecule has 0 radical (unpaired) electrons. The molecule has 0 fully saturated rings. The number of benzene rings is 2. The predicted octanol–water partition coefficient (Wildman–Crippen LogP) is 5.47. The molecule has 0 bridgehead atoms. The molecule has 0 amide bonds. The molecule has 1 N–H and O–H groups in total. The molecule has 1 heterocycles. The summed E-state index contributed by atoms with van der Waals surface area (Å²) in [5.74, 6) is 0. The van der Waals surface area contributed by atoms with Crippen LogP contribution in [-0.4, -0.2) is 12.0 Å². The van der Waals surface area contributed by atoms with Gasteiger partial charge in [-0.3, -0.25) is 0 Å². The minimum absolute atomic E-state index is 0.957. The largest absolute Gasteiger partial charge is 0.388 e. The van der Waals surface area contributed by atoms with Gasteiger partial charge in [-0.2, -0.15) is 0 Å². The van der Waals surface area contributed by atoms with Crippen molar-refractivity contribution in [2.75, 3.05) is 12.4 Å². The van der Waals surface area contributed by atoms with Crippen molar-refractivity contribution < 1.29 is 0 Å². The standard InChI is InChI=1S/C16H12Br2N2/c1-19-15-9-14(10-5-3-2-4-6-10)20-16-12(15)7-11(17)8-13(16)18/h2-9H,1H3,(H,19,20). The van der Waals surface area contributed by atoms with Gasteiger partial charge in [-0.1, -0.05) is 46.3 Å². The highest BCUT2D eigenvalue weighted by atomic mass is 79.9. The summed E-state index contributed by atoms with van der Waals surface area (Å²) in [5, 5.41) is 4.34. The summed E-state index contributed by atoms with van der Waals surface area (Å²) in [5.41, 5.74) is 4.10. The minimum atomic E-state index is 0.957. The van der Waals surface area contributed by atoms with Gasteiger partial charge in [0.1, 0.15) is 0 Å². The SMILES string of the molecule is CNc1cc(-c2ccccc2)nc2c(Br)cc(Br)cc12. The van der Waals surface area contributed by atoms with Gasteiger partial charge in [0.05, 0.1) is 11.2 Å². The number of aromatic nitrogens is 1. The number of hydrogen-bond acceptors (Lipinski definition) is 2. The van der Waals surface area contributed by atoms with Crippen molar-refractivity contribution in [3.05, 3.63) is 57.5 Å². The maximum absolute atomic E-state index is 4.79. The molecule has 100 valence electrons. The topological polar surface area (TPSA) is 24.9 Å². The van der Waals surface area contributed by atoms with E-state index < -0.39 is 0 Å². The van der Waals surface area contributed by atoms with Crippen LogP contribution < -0.4 is 5.32 Å². The molecule has 20 heavy (non-hydrogen) atoms. The fourth-order valence-corrected chi connectivity index (χ4v) is 3.53. The van der Waals surface area contributed by atoms with E-state index in [1.54, 1.807) is 0 Å². The van der Waals surface area contributed by atoms with Crippen LogP contribution in [0.15, 0.2) is 57.5 Å². The van der Waals surface area contributed by atoms with Crippen LogP contribution in [0, 0.1) is 0 Å². The molecule has 0 unspecified atom stereocenters. The van der Waals surface area contributed by atoms with Crippen LogP contribution >= 0.6 is 31.9 Å². The van der Waals surface area contributed by atoms with Crippen LogP contribution in [0.5, 0.6) is 0 Å². The van der Waals surface area contributed by atoms with Gasteiger partial charge in [0, 0.05) is 32.6 Å². The van der Waals surface area contributed by atoms with Gasteiger partial charge >= 0.3 is 0 Å². The number of pyridine rings is 1. The number of nitrogens with one attached hydrogen (secondary N) is 1. The molecule has 0 aliphatic heterocycles. The zero-order valence-corrected chi connectivity index (χ0v) is 14.0. The quantitative estimate of drug-likeness (QED) is 0.626. The molecule has 3 rings (SSSR count). The lowest BCUT2D eigenvalue weighted by Crippen LogP contribution is -1.94. The summed E-state index contributed by atoms with van der Waals surface area (Å²) >= 11 is 7.12. The Kier molecular flexibility index (Phi) is 3.76. The van der Waals surface area contributed by atoms with Crippen molar-refractivity contribution in [2.24, 2.45) is 0 Å². The lowest BCUT2D eigenvalue weighted by Gasteiger charge is -2.11. The summed E-state index contributed by atoms with van der Waals surface area (Å²) in [6.07, 6.45) is 0. The highest BCUT2D eigenvalue weighted by Crippen LogP contribution is 2.34. The van der Waals surface area contributed by atoms with Gasteiger partial charge in [-0.15, -0.1) is 0 Å². The van der Waals surface area contributed by atoms with Crippen LogP contribution in [0.3, 0.4) is 0 Å². The lowest BCUT2D eigenvalue weighted by atomic mass is 10.1. The van der Waals surface area contributed by atoms with Crippen molar-refractivity contribution in [2.45, 2.75) is 0 Å². The van der Waals surface area contributed by atoms with E-state index in [1.165, 1.54) is 0 Å². The van der Waals surface area contributed by atoms with E-state index in [-0.39, 0.29) is 0 Å². The van der Waals surface area contributed by atoms with Crippen LogP contribution in [-0.2, 0) is 0 Å². The number of halogens is 2. The molecule has 4 heteroatoms. The highest BCUT2D eigenvalue weighted by molar-refractivity contribution is 9.11. The number of hydrogen-bond donors (Lipinski definition) is 1. The number of fused-ring (bicyclic) bond motifs is 1. The average Bonchev–Trinajstić information content (AvgIpc) is 2.47. The van der Waals surface area contributed by atoms with E-state index in [2.05, 4.69) is 61.4 Å². The van der Waals surface area contributed by atoms with Crippen LogP contribution in [0.2, 0.25) is 0 Å². The molecule has 0 spiro atoms. The Bertz CT molecular complexity index is 770. The van der Waals surface area contributed by atoms with Gasteiger partial charge in [0.15, 0.2) is 0 Å². The van der Waals surface area contributed by atoms with Crippen molar-refractivity contribution in [3.8, 4) is 11.3 Å². The Morgan fingerprint density at radius 1 is 1.00 bits per heavy atom. The van der Waals surface area contributed by atoms with E-state index in [9.17, 15) is 0 Å². The second-order valence-electron chi connectivity index (χ2n) is 4.45. The van der Waals surface area contributed by atoms with Crippen molar-refractivity contribution in [1.29, 1.82) is 0 Å². The molecular weight excluding hydrogens is 380 g/mol. The van der Waals surface area contributed by atoms with Gasteiger partial charge < -0.3 is 5.32 Å². The number of rotatable bonds is 2. The fourth-order valence-electron chi connectivity index (χ4n) is 2.22. The average molecular weight is 392 g/mol. The highest BCUT2D eigenvalue weighted by Gasteiger charge is 2.10. The van der Waals surface area contributed by atoms with Crippen molar-refractivity contribution in [3.63, 3.8) is 0 Å². The third kappa shape index (κ3) is 2.45. The lowest BCUT2D eigenvalue weighted by molar-refractivity contribution is 1.37. The first-order chi connectivity index (χ1) is 9.69. The monoisotopic (exact) mass is 390 g/mol. The summed E-state index contributed by atoms with van der Waals surface area (Å²) in [6.45, 7) is 0. The fraction of sp³-hybridized carbons (Fsp3) is 0.0625. The van der Waals surface area contributed by atoms with Crippen molar-refractivity contribution >= 4 is 48.5 Å². The molecule has 1 aromatic heterocycles. The Morgan fingerprint density at radius 2 is 1.75 bits per heavy atom. The molecule has 0 saturated heterocycles. The van der Waals surface area contributed by atoms with Gasteiger partial charge in [-0.25, -0.2) is 4.98 Å². The molecule has 0 atom stereocenters. The normalized spacial score (nSPS) is 10.8. The molecule has 3 aromatic rings. The van der Waals surface area contributed by atoms with E-state index in [1.807, 2.05) is 31.3 Å². The summed E-state index contributed by atoms with van der Waals surface area (Å²) in [4.78, 5) is 4.79. The first-order valence-electron chi connectivity index (χ1n) is 6.22. The maximum atomic E-state index is 4.79. The van der Waals surface area contributed by atoms with E-state index in [4.69, 9.17) is 4.98 Å². The molecular formula is C16H12Br2N2. The molecule has 0 saturated carbocycles. The van der Waals surface area contributed by atoms with Crippen LogP contribution in [0.25, 0.3) is 22.2 Å². The second-order valence-corrected chi connectivity index (χ2v) is 6.22.